The van der Waals surface area contributed by atoms with Gasteiger partial charge in [0.15, 0.2) is 0 Å². The predicted molar refractivity (Wildman–Crippen MR) is 75.6 cm³/mol. The minimum absolute atomic E-state index is 0.399. The van der Waals surface area contributed by atoms with Gasteiger partial charge in [0, 0.05) is 29.1 Å². The van der Waals surface area contributed by atoms with Gasteiger partial charge in [-0.2, -0.15) is 13.2 Å². The number of anilines is 1. The van der Waals surface area contributed by atoms with E-state index in [1.165, 1.54) is 0 Å². The van der Waals surface area contributed by atoms with Crippen LogP contribution in [-0.4, -0.2) is 11.5 Å². The molecule has 0 aliphatic rings. The van der Waals surface area contributed by atoms with Gasteiger partial charge in [0.25, 0.3) is 0 Å². The third-order valence-corrected chi connectivity index (χ3v) is 3.15. The molecule has 0 saturated heterocycles. The fourth-order valence-electron chi connectivity index (χ4n) is 1.75. The number of benzene rings is 1. The van der Waals surface area contributed by atoms with Crippen LogP contribution in [0.25, 0.3) is 0 Å². The molecule has 2 aromatic rings. The molecule has 0 radical (unpaired) electrons. The summed E-state index contributed by atoms with van der Waals surface area (Å²) in [6, 6.07) is 7.55. The van der Waals surface area contributed by atoms with Crippen LogP contribution in [0.2, 0.25) is 0 Å². The zero-order chi connectivity index (χ0) is 14.6. The standard InChI is InChI=1S/C14H12BrF3N2/c15-12-6-11(14(16,17)18)7-13(8-12)20-5-3-10-2-1-4-19-9-10/h1-2,4,6-9,20H,3,5H2. The van der Waals surface area contributed by atoms with Gasteiger partial charge in [0.05, 0.1) is 5.56 Å². The number of alkyl halides is 3. The maximum atomic E-state index is 12.7. The molecule has 1 aromatic carbocycles. The molecular weight excluding hydrogens is 333 g/mol. The average molecular weight is 345 g/mol. The maximum Gasteiger partial charge on any atom is 0.416 e. The SMILES string of the molecule is FC(F)(F)c1cc(Br)cc(NCCc2cccnc2)c1. The first-order valence-corrected chi connectivity index (χ1v) is 6.75. The summed E-state index contributed by atoms with van der Waals surface area (Å²) in [4.78, 5) is 3.99. The molecular formula is C14H12BrF3N2. The highest BCUT2D eigenvalue weighted by Crippen LogP contribution is 2.33. The Kier molecular flexibility index (Phi) is 4.65. The monoisotopic (exact) mass is 344 g/mol. The third-order valence-electron chi connectivity index (χ3n) is 2.69. The summed E-state index contributed by atoms with van der Waals surface area (Å²) in [5.41, 5.74) is 0.803. The lowest BCUT2D eigenvalue weighted by Crippen LogP contribution is -2.08. The minimum atomic E-state index is -4.34. The number of halogens is 4. The van der Waals surface area contributed by atoms with Crippen LogP contribution >= 0.6 is 15.9 Å². The van der Waals surface area contributed by atoms with E-state index in [0.29, 0.717) is 23.1 Å². The van der Waals surface area contributed by atoms with Crippen molar-refractivity contribution in [3.63, 3.8) is 0 Å². The molecule has 0 spiro atoms. The first kappa shape index (κ1) is 14.8. The molecule has 2 nitrogen and oxygen atoms in total. The van der Waals surface area contributed by atoms with Crippen molar-refractivity contribution >= 4 is 21.6 Å². The number of pyridine rings is 1. The molecule has 0 atom stereocenters. The van der Waals surface area contributed by atoms with Crippen molar-refractivity contribution < 1.29 is 13.2 Å². The Morgan fingerprint density at radius 2 is 2.00 bits per heavy atom. The molecule has 0 fully saturated rings. The zero-order valence-electron chi connectivity index (χ0n) is 10.4. The second-order valence-corrected chi connectivity index (χ2v) is 5.18. The van der Waals surface area contributed by atoms with E-state index in [4.69, 9.17) is 0 Å². The molecule has 106 valence electrons. The van der Waals surface area contributed by atoms with Crippen molar-refractivity contribution in [1.82, 2.24) is 4.98 Å². The van der Waals surface area contributed by atoms with Gasteiger partial charge in [-0.1, -0.05) is 22.0 Å². The van der Waals surface area contributed by atoms with Gasteiger partial charge in [0.2, 0.25) is 0 Å². The molecule has 1 heterocycles. The molecule has 1 N–H and O–H groups in total. The van der Waals surface area contributed by atoms with E-state index in [1.807, 2.05) is 12.1 Å². The summed E-state index contributed by atoms with van der Waals surface area (Å²) >= 11 is 3.09. The van der Waals surface area contributed by atoms with Gasteiger partial charge in [-0.15, -0.1) is 0 Å². The molecule has 0 bridgehead atoms. The number of nitrogens with one attached hydrogen (secondary N) is 1. The second-order valence-electron chi connectivity index (χ2n) is 4.26. The highest BCUT2D eigenvalue weighted by Gasteiger charge is 2.31. The largest absolute Gasteiger partial charge is 0.416 e. The normalized spacial score (nSPS) is 11.4. The second kappa shape index (κ2) is 6.26. The highest BCUT2D eigenvalue weighted by atomic mass is 79.9. The lowest BCUT2D eigenvalue weighted by Gasteiger charge is -2.11. The molecule has 0 aliphatic carbocycles. The van der Waals surface area contributed by atoms with Gasteiger partial charge in [-0.05, 0) is 36.2 Å². The number of hydrogen-bond donors (Lipinski definition) is 1. The zero-order valence-corrected chi connectivity index (χ0v) is 12.0. The first-order valence-electron chi connectivity index (χ1n) is 5.96. The Hall–Kier alpha value is -1.56. The van der Waals surface area contributed by atoms with Crippen LogP contribution in [-0.2, 0) is 12.6 Å². The quantitative estimate of drug-likeness (QED) is 0.882. The lowest BCUT2D eigenvalue weighted by atomic mass is 10.2. The van der Waals surface area contributed by atoms with E-state index in [-0.39, 0.29) is 0 Å². The Morgan fingerprint density at radius 1 is 1.20 bits per heavy atom. The van der Waals surface area contributed by atoms with Crippen LogP contribution < -0.4 is 5.32 Å². The van der Waals surface area contributed by atoms with Crippen molar-refractivity contribution in [3.8, 4) is 0 Å². The number of rotatable bonds is 4. The number of nitrogens with zero attached hydrogens (tertiary/aromatic N) is 1. The first-order chi connectivity index (χ1) is 9.45. The minimum Gasteiger partial charge on any atom is -0.385 e. The number of hydrogen-bond acceptors (Lipinski definition) is 2. The summed E-state index contributed by atoms with van der Waals surface area (Å²) in [6.45, 7) is 0.541. The van der Waals surface area contributed by atoms with Crippen LogP contribution in [0.4, 0.5) is 18.9 Å². The van der Waals surface area contributed by atoms with Gasteiger partial charge in [-0.25, -0.2) is 0 Å². The van der Waals surface area contributed by atoms with E-state index >= 15 is 0 Å². The fraction of sp³-hybridized carbons (Fsp3) is 0.214. The highest BCUT2D eigenvalue weighted by molar-refractivity contribution is 9.10. The molecule has 1 aromatic heterocycles. The van der Waals surface area contributed by atoms with E-state index in [9.17, 15) is 13.2 Å². The maximum absolute atomic E-state index is 12.7. The van der Waals surface area contributed by atoms with Crippen LogP contribution in [0, 0.1) is 0 Å². The van der Waals surface area contributed by atoms with Crippen LogP contribution in [0.1, 0.15) is 11.1 Å². The van der Waals surface area contributed by atoms with E-state index in [0.717, 1.165) is 17.7 Å². The summed E-state index contributed by atoms with van der Waals surface area (Å²) in [5, 5.41) is 2.99. The van der Waals surface area contributed by atoms with E-state index in [2.05, 4.69) is 26.2 Å². The van der Waals surface area contributed by atoms with Crippen molar-refractivity contribution in [2.45, 2.75) is 12.6 Å². The third kappa shape index (κ3) is 4.23. The van der Waals surface area contributed by atoms with Crippen molar-refractivity contribution in [2.75, 3.05) is 11.9 Å². The fourth-order valence-corrected chi connectivity index (χ4v) is 2.25. The lowest BCUT2D eigenvalue weighted by molar-refractivity contribution is -0.137. The Labute approximate surface area is 123 Å². The average Bonchev–Trinajstić information content (AvgIpc) is 2.38. The molecule has 0 saturated carbocycles. The van der Waals surface area contributed by atoms with Crippen molar-refractivity contribution in [3.05, 3.63) is 58.3 Å². The predicted octanol–water partition coefficient (Wildman–Crippen LogP) is 4.52. The number of aromatic nitrogens is 1. The van der Waals surface area contributed by atoms with E-state index in [1.54, 1.807) is 18.5 Å². The Balaban J connectivity index is 2.01. The smallest absolute Gasteiger partial charge is 0.385 e. The molecule has 6 heteroatoms. The Bertz CT molecular complexity index is 570. The summed E-state index contributed by atoms with van der Waals surface area (Å²) in [5.74, 6) is 0. The van der Waals surface area contributed by atoms with Gasteiger partial charge in [0.1, 0.15) is 0 Å². The molecule has 2 rings (SSSR count). The summed E-state index contributed by atoms with van der Waals surface area (Å²) < 4.78 is 38.4. The molecule has 0 amide bonds. The van der Waals surface area contributed by atoms with Crippen LogP contribution in [0.15, 0.2) is 47.2 Å². The molecule has 0 aliphatic heterocycles. The van der Waals surface area contributed by atoms with Gasteiger partial charge >= 0.3 is 6.18 Å². The van der Waals surface area contributed by atoms with E-state index < -0.39 is 11.7 Å². The molecule has 0 unspecified atom stereocenters. The van der Waals surface area contributed by atoms with Crippen LogP contribution in [0.5, 0.6) is 0 Å². The van der Waals surface area contributed by atoms with Gasteiger partial charge in [-0.3, -0.25) is 4.98 Å². The Morgan fingerprint density at radius 3 is 2.65 bits per heavy atom. The summed E-state index contributed by atoms with van der Waals surface area (Å²) in [6.07, 6.45) is -0.226. The topological polar surface area (TPSA) is 24.9 Å². The van der Waals surface area contributed by atoms with Gasteiger partial charge < -0.3 is 5.32 Å². The van der Waals surface area contributed by atoms with Crippen LogP contribution in [0.3, 0.4) is 0 Å². The van der Waals surface area contributed by atoms with Crippen molar-refractivity contribution in [1.29, 1.82) is 0 Å². The molecule has 20 heavy (non-hydrogen) atoms. The summed E-state index contributed by atoms with van der Waals surface area (Å²) in [7, 11) is 0. The van der Waals surface area contributed by atoms with Crippen molar-refractivity contribution in [2.24, 2.45) is 0 Å².